The van der Waals surface area contributed by atoms with Crippen LogP contribution in [0, 0.1) is 0 Å². The molecule has 204 valence electrons. The lowest BCUT2D eigenvalue weighted by atomic mass is 9.83. The summed E-state index contributed by atoms with van der Waals surface area (Å²) in [5.41, 5.74) is 2.49. The number of benzene rings is 2. The lowest BCUT2D eigenvalue weighted by molar-refractivity contribution is -0.141. The quantitative estimate of drug-likeness (QED) is 0.339. The van der Waals surface area contributed by atoms with Gasteiger partial charge in [0.2, 0.25) is 5.91 Å². The Morgan fingerprint density at radius 2 is 1.87 bits per heavy atom. The standard InChI is InChI=1S/C27H30ClNO8S/c1-18-26(27(31)37-17-19-4-10-22(11-5-19)36-13-14-38(32,33)34)24(20-6-8-21(28)9-7-20)15-25(30)29(18)16-23-3-2-12-35-23/h4-11,23-24H,2-3,12-17H2,1H3,(H,32,33,34)/t23-,24?/m1/s1. The molecule has 0 saturated carbocycles. The smallest absolute Gasteiger partial charge is 0.336 e. The number of amides is 1. The lowest BCUT2D eigenvalue weighted by Crippen LogP contribution is -2.42. The monoisotopic (exact) mass is 563 g/mol. The molecule has 38 heavy (non-hydrogen) atoms. The number of allylic oxidation sites excluding steroid dienone is 1. The molecule has 1 unspecified atom stereocenters. The third-order valence-corrected chi connectivity index (χ3v) is 7.56. The number of carbonyl (C=O) groups excluding carboxylic acids is 2. The maximum Gasteiger partial charge on any atom is 0.336 e. The summed E-state index contributed by atoms with van der Waals surface area (Å²) in [7, 11) is -4.10. The lowest BCUT2D eigenvalue weighted by Gasteiger charge is -2.35. The average molecular weight is 564 g/mol. The van der Waals surface area contributed by atoms with Gasteiger partial charge in [-0.15, -0.1) is 0 Å². The molecule has 0 spiro atoms. The molecule has 9 nitrogen and oxygen atoms in total. The van der Waals surface area contributed by atoms with E-state index in [0.29, 0.717) is 40.8 Å². The second kappa shape index (κ2) is 12.3. The summed E-state index contributed by atoms with van der Waals surface area (Å²) in [5, 5.41) is 0.561. The van der Waals surface area contributed by atoms with Crippen molar-refractivity contribution in [1.82, 2.24) is 4.90 Å². The van der Waals surface area contributed by atoms with E-state index in [1.807, 2.05) is 12.1 Å². The van der Waals surface area contributed by atoms with Crippen LogP contribution in [-0.4, -0.2) is 61.4 Å². The van der Waals surface area contributed by atoms with Gasteiger partial charge in [-0.1, -0.05) is 35.9 Å². The number of ether oxygens (including phenoxy) is 3. The maximum atomic E-state index is 13.4. The molecule has 1 N–H and O–H groups in total. The van der Waals surface area contributed by atoms with Gasteiger partial charge in [0.05, 0.1) is 18.2 Å². The predicted octanol–water partition coefficient (Wildman–Crippen LogP) is 4.12. The maximum absolute atomic E-state index is 13.4. The summed E-state index contributed by atoms with van der Waals surface area (Å²) in [6.07, 6.45) is 1.89. The molecule has 2 aromatic rings. The van der Waals surface area contributed by atoms with Crippen LogP contribution < -0.4 is 4.74 Å². The number of carbonyl (C=O) groups is 2. The van der Waals surface area contributed by atoms with E-state index in [1.165, 1.54) is 0 Å². The third kappa shape index (κ3) is 7.35. The van der Waals surface area contributed by atoms with Crippen molar-refractivity contribution in [2.75, 3.05) is 25.5 Å². The highest BCUT2D eigenvalue weighted by Crippen LogP contribution is 2.38. The van der Waals surface area contributed by atoms with Gasteiger partial charge in [-0.2, -0.15) is 8.42 Å². The van der Waals surface area contributed by atoms with Gasteiger partial charge in [0.15, 0.2) is 0 Å². The summed E-state index contributed by atoms with van der Waals surface area (Å²) < 4.78 is 47.2. The number of rotatable bonds is 10. The normalized spacial score (nSPS) is 20.1. The molecule has 0 aromatic heterocycles. The zero-order valence-corrected chi connectivity index (χ0v) is 22.5. The van der Waals surface area contributed by atoms with E-state index in [1.54, 1.807) is 48.2 Å². The Balaban J connectivity index is 1.49. The van der Waals surface area contributed by atoms with Crippen LogP contribution in [0.3, 0.4) is 0 Å². The first-order valence-electron chi connectivity index (χ1n) is 12.3. The van der Waals surface area contributed by atoms with Crippen molar-refractivity contribution in [2.24, 2.45) is 0 Å². The minimum atomic E-state index is -4.10. The van der Waals surface area contributed by atoms with Gasteiger partial charge in [-0.3, -0.25) is 9.35 Å². The van der Waals surface area contributed by atoms with Gasteiger partial charge in [0, 0.05) is 29.7 Å². The topological polar surface area (TPSA) is 119 Å². The molecule has 1 saturated heterocycles. The highest BCUT2D eigenvalue weighted by molar-refractivity contribution is 7.85. The largest absolute Gasteiger partial charge is 0.492 e. The Morgan fingerprint density at radius 1 is 1.16 bits per heavy atom. The summed E-state index contributed by atoms with van der Waals surface area (Å²) in [6, 6.07) is 13.7. The molecular formula is C27H30ClNO8S. The SMILES string of the molecule is CC1=C(C(=O)OCc2ccc(OCCS(=O)(=O)O)cc2)C(c2ccc(Cl)cc2)CC(=O)N1C[C@H]1CCCO1. The molecule has 0 radical (unpaired) electrons. The zero-order valence-electron chi connectivity index (χ0n) is 21.0. The van der Waals surface area contributed by atoms with Gasteiger partial charge in [0.25, 0.3) is 10.1 Å². The predicted molar refractivity (Wildman–Crippen MR) is 140 cm³/mol. The Labute approximate surface area is 227 Å². The first-order valence-corrected chi connectivity index (χ1v) is 14.3. The minimum Gasteiger partial charge on any atom is -0.492 e. The first kappa shape index (κ1) is 28.1. The van der Waals surface area contributed by atoms with E-state index in [4.69, 9.17) is 30.4 Å². The van der Waals surface area contributed by atoms with E-state index >= 15 is 0 Å². The highest BCUT2D eigenvalue weighted by Gasteiger charge is 2.38. The van der Waals surface area contributed by atoms with E-state index < -0.39 is 27.8 Å². The molecule has 1 fully saturated rings. The van der Waals surface area contributed by atoms with Crippen LogP contribution >= 0.6 is 11.6 Å². The van der Waals surface area contributed by atoms with Crippen LogP contribution in [-0.2, 0) is 35.8 Å². The number of halogens is 1. The second-order valence-corrected chi connectivity index (χ2v) is 11.3. The number of nitrogens with zero attached hydrogens (tertiary/aromatic N) is 1. The summed E-state index contributed by atoms with van der Waals surface area (Å²) in [6.45, 7) is 2.64. The van der Waals surface area contributed by atoms with E-state index in [0.717, 1.165) is 18.4 Å². The van der Waals surface area contributed by atoms with Crippen molar-refractivity contribution in [3.05, 3.63) is 76.0 Å². The van der Waals surface area contributed by atoms with Gasteiger partial charge in [-0.05, 0) is 55.2 Å². The zero-order chi connectivity index (χ0) is 27.3. The van der Waals surface area contributed by atoms with Gasteiger partial charge >= 0.3 is 5.97 Å². The Kier molecular flexibility index (Phi) is 9.09. The van der Waals surface area contributed by atoms with E-state index in [2.05, 4.69) is 0 Å². The Hall–Kier alpha value is -2.92. The average Bonchev–Trinajstić information content (AvgIpc) is 3.39. The third-order valence-electron chi connectivity index (χ3n) is 6.63. The summed E-state index contributed by atoms with van der Waals surface area (Å²) >= 11 is 6.06. The van der Waals surface area contributed by atoms with Crippen molar-refractivity contribution in [1.29, 1.82) is 0 Å². The fourth-order valence-electron chi connectivity index (χ4n) is 4.65. The molecule has 2 heterocycles. The van der Waals surface area contributed by atoms with Crippen molar-refractivity contribution in [3.63, 3.8) is 0 Å². The van der Waals surface area contributed by atoms with Crippen molar-refractivity contribution >= 4 is 33.6 Å². The fourth-order valence-corrected chi connectivity index (χ4v) is 5.07. The Bertz CT molecular complexity index is 1290. The number of hydrogen-bond acceptors (Lipinski definition) is 7. The highest BCUT2D eigenvalue weighted by atomic mass is 35.5. The van der Waals surface area contributed by atoms with Crippen LogP contribution in [0.15, 0.2) is 59.8 Å². The van der Waals surface area contributed by atoms with Crippen LogP contribution in [0.4, 0.5) is 0 Å². The van der Waals surface area contributed by atoms with Crippen molar-refractivity contribution in [3.8, 4) is 5.75 Å². The molecule has 2 aliphatic heterocycles. The van der Waals surface area contributed by atoms with Gasteiger partial charge in [-0.25, -0.2) is 4.79 Å². The minimum absolute atomic E-state index is 0.00602. The van der Waals surface area contributed by atoms with Crippen LogP contribution in [0.5, 0.6) is 5.75 Å². The summed E-state index contributed by atoms with van der Waals surface area (Å²) in [5.74, 6) is -1.14. The number of hydrogen-bond donors (Lipinski definition) is 1. The molecular weight excluding hydrogens is 534 g/mol. The summed E-state index contributed by atoms with van der Waals surface area (Å²) in [4.78, 5) is 28.2. The molecule has 0 aliphatic carbocycles. The van der Waals surface area contributed by atoms with Gasteiger partial charge in [0.1, 0.15) is 24.7 Å². The molecule has 2 atom stereocenters. The molecule has 0 bridgehead atoms. The molecule has 4 rings (SSSR count). The van der Waals surface area contributed by atoms with E-state index in [9.17, 15) is 18.0 Å². The van der Waals surface area contributed by atoms with Crippen molar-refractivity contribution < 1.29 is 36.8 Å². The first-order chi connectivity index (χ1) is 18.1. The molecule has 2 aliphatic rings. The number of esters is 1. The Morgan fingerprint density at radius 3 is 2.50 bits per heavy atom. The fraction of sp³-hybridized carbons (Fsp3) is 0.407. The van der Waals surface area contributed by atoms with Gasteiger partial charge < -0.3 is 19.1 Å². The molecule has 11 heteroatoms. The van der Waals surface area contributed by atoms with Crippen molar-refractivity contribution in [2.45, 2.75) is 44.8 Å². The van der Waals surface area contributed by atoms with Crippen LogP contribution in [0.25, 0.3) is 0 Å². The molecule has 2 aromatic carbocycles. The van der Waals surface area contributed by atoms with Crippen LogP contribution in [0.2, 0.25) is 5.02 Å². The second-order valence-electron chi connectivity index (χ2n) is 9.30. The molecule has 1 amide bonds. The van der Waals surface area contributed by atoms with Crippen LogP contribution in [0.1, 0.15) is 43.2 Å². The van der Waals surface area contributed by atoms with E-state index in [-0.39, 0.29) is 31.6 Å².